The molecule has 84 valence electrons. The first-order valence-electron chi connectivity index (χ1n) is 4.33. The SMILES string of the molecule is CO[C@@H]1[C@@H](O)[C@H](O)O[C@H](CO)[C@@H]1OC. The zero-order valence-corrected chi connectivity index (χ0v) is 8.16. The molecule has 3 N–H and O–H groups in total. The van der Waals surface area contributed by atoms with Crippen LogP contribution in [-0.4, -0.2) is 66.9 Å². The minimum Gasteiger partial charge on any atom is -0.394 e. The predicted molar refractivity (Wildman–Crippen MR) is 45.6 cm³/mol. The van der Waals surface area contributed by atoms with E-state index >= 15 is 0 Å². The highest BCUT2D eigenvalue weighted by Gasteiger charge is 2.44. The molecule has 0 spiro atoms. The second kappa shape index (κ2) is 5.01. The Kier molecular flexibility index (Phi) is 4.24. The van der Waals surface area contributed by atoms with Crippen molar-refractivity contribution in [3.63, 3.8) is 0 Å². The maximum absolute atomic E-state index is 9.49. The first-order chi connectivity index (χ1) is 6.65. The van der Waals surface area contributed by atoms with Gasteiger partial charge in [0, 0.05) is 14.2 Å². The molecular formula is C8H16O6. The van der Waals surface area contributed by atoms with Gasteiger partial charge in [0.05, 0.1) is 6.61 Å². The molecule has 6 heteroatoms. The highest BCUT2D eigenvalue weighted by molar-refractivity contribution is 4.90. The summed E-state index contributed by atoms with van der Waals surface area (Å²) in [5, 5.41) is 27.7. The summed E-state index contributed by atoms with van der Waals surface area (Å²) in [4.78, 5) is 0. The van der Waals surface area contributed by atoms with Crippen LogP contribution in [0.4, 0.5) is 0 Å². The molecule has 0 aliphatic carbocycles. The Morgan fingerprint density at radius 3 is 2.14 bits per heavy atom. The lowest BCUT2D eigenvalue weighted by Crippen LogP contribution is -2.59. The van der Waals surface area contributed by atoms with Gasteiger partial charge in [0.25, 0.3) is 0 Å². The van der Waals surface area contributed by atoms with E-state index in [1.807, 2.05) is 0 Å². The van der Waals surface area contributed by atoms with Gasteiger partial charge < -0.3 is 29.5 Å². The molecule has 1 fully saturated rings. The average Bonchev–Trinajstić information content (AvgIpc) is 2.20. The molecule has 1 aliphatic rings. The summed E-state index contributed by atoms with van der Waals surface area (Å²) in [5.41, 5.74) is 0. The van der Waals surface area contributed by atoms with E-state index in [0.717, 1.165) is 0 Å². The molecule has 1 aliphatic heterocycles. The second-order valence-corrected chi connectivity index (χ2v) is 3.14. The predicted octanol–water partition coefficient (Wildman–Crippen LogP) is -1.91. The van der Waals surface area contributed by atoms with Crippen molar-refractivity contribution in [1.29, 1.82) is 0 Å². The number of hydrogen-bond acceptors (Lipinski definition) is 6. The first kappa shape index (κ1) is 11.8. The Bertz CT molecular complexity index is 171. The fourth-order valence-electron chi connectivity index (χ4n) is 1.61. The summed E-state index contributed by atoms with van der Waals surface area (Å²) in [6.45, 7) is -0.303. The topological polar surface area (TPSA) is 88.4 Å². The summed E-state index contributed by atoms with van der Waals surface area (Å²) < 4.78 is 15.0. The maximum Gasteiger partial charge on any atom is 0.184 e. The van der Waals surface area contributed by atoms with Crippen molar-refractivity contribution in [2.75, 3.05) is 20.8 Å². The second-order valence-electron chi connectivity index (χ2n) is 3.14. The number of rotatable bonds is 3. The van der Waals surface area contributed by atoms with Crippen LogP contribution in [-0.2, 0) is 14.2 Å². The Balaban J connectivity index is 2.75. The molecule has 1 heterocycles. The average molecular weight is 208 g/mol. The monoisotopic (exact) mass is 208 g/mol. The third-order valence-corrected chi connectivity index (χ3v) is 2.36. The minimum atomic E-state index is -1.36. The summed E-state index contributed by atoms with van der Waals surface area (Å²) >= 11 is 0. The molecule has 0 aromatic heterocycles. The van der Waals surface area contributed by atoms with Crippen LogP contribution in [0.15, 0.2) is 0 Å². The van der Waals surface area contributed by atoms with Crippen LogP contribution >= 0.6 is 0 Å². The van der Waals surface area contributed by atoms with Crippen LogP contribution in [0, 0.1) is 0 Å². The highest BCUT2D eigenvalue weighted by Crippen LogP contribution is 2.23. The van der Waals surface area contributed by atoms with E-state index in [9.17, 15) is 10.2 Å². The smallest absolute Gasteiger partial charge is 0.184 e. The number of ether oxygens (including phenoxy) is 3. The van der Waals surface area contributed by atoms with Gasteiger partial charge in [-0.2, -0.15) is 0 Å². The number of hydrogen-bond donors (Lipinski definition) is 3. The molecule has 1 rings (SSSR count). The molecule has 5 atom stereocenters. The third kappa shape index (κ3) is 2.05. The first-order valence-corrected chi connectivity index (χ1v) is 4.33. The van der Waals surface area contributed by atoms with E-state index in [4.69, 9.17) is 19.3 Å². The molecule has 0 aromatic rings. The van der Waals surface area contributed by atoms with Gasteiger partial charge in [0.15, 0.2) is 6.29 Å². The van der Waals surface area contributed by atoms with E-state index in [1.165, 1.54) is 14.2 Å². The van der Waals surface area contributed by atoms with E-state index in [2.05, 4.69) is 0 Å². The Hall–Kier alpha value is -0.240. The van der Waals surface area contributed by atoms with Crippen molar-refractivity contribution >= 4 is 0 Å². The van der Waals surface area contributed by atoms with Gasteiger partial charge in [0.1, 0.15) is 24.4 Å². The standard InChI is InChI=1S/C8H16O6/c1-12-6-4(3-9)14-8(11)5(10)7(6)13-2/h4-11H,3H2,1-2H3/t4-,5-,6+,7-,8-/m1/s1. The van der Waals surface area contributed by atoms with Gasteiger partial charge in [0.2, 0.25) is 0 Å². The zero-order chi connectivity index (χ0) is 10.7. The van der Waals surface area contributed by atoms with Crippen molar-refractivity contribution in [2.24, 2.45) is 0 Å². The van der Waals surface area contributed by atoms with E-state index < -0.39 is 30.7 Å². The van der Waals surface area contributed by atoms with Crippen molar-refractivity contribution in [3.05, 3.63) is 0 Å². The lowest BCUT2D eigenvalue weighted by atomic mass is 9.99. The van der Waals surface area contributed by atoms with Crippen LogP contribution in [0.25, 0.3) is 0 Å². The van der Waals surface area contributed by atoms with Crippen LogP contribution in [0.3, 0.4) is 0 Å². The van der Waals surface area contributed by atoms with Gasteiger partial charge in [-0.1, -0.05) is 0 Å². The minimum absolute atomic E-state index is 0.303. The third-order valence-electron chi connectivity index (χ3n) is 2.36. The summed E-state index contributed by atoms with van der Waals surface area (Å²) in [6, 6.07) is 0. The van der Waals surface area contributed by atoms with Gasteiger partial charge in [-0.15, -0.1) is 0 Å². The molecule has 14 heavy (non-hydrogen) atoms. The Morgan fingerprint density at radius 1 is 1.14 bits per heavy atom. The van der Waals surface area contributed by atoms with Gasteiger partial charge in [-0.25, -0.2) is 0 Å². The fraction of sp³-hybridized carbons (Fsp3) is 1.00. The molecule has 0 saturated carbocycles. The molecule has 6 nitrogen and oxygen atoms in total. The molecular weight excluding hydrogens is 192 g/mol. The molecule has 0 radical (unpaired) electrons. The van der Waals surface area contributed by atoms with Crippen molar-refractivity contribution in [1.82, 2.24) is 0 Å². The summed E-state index contributed by atoms with van der Waals surface area (Å²) in [7, 11) is 2.82. The fourth-order valence-corrected chi connectivity index (χ4v) is 1.61. The molecule has 0 bridgehead atoms. The molecule has 1 saturated heterocycles. The summed E-state index contributed by atoms with van der Waals surface area (Å²) in [6.07, 6.45) is -4.52. The van der Waals surface area contributed by atoms with Crippen molar-refractivity contribution < 1.29 is 29.5 Å². The summed E-state index contributed by atoms with van der Waals surface area (Å²) in [5.74, 6) is 0. The van der Waals surface area contributed by atoms with Crippen LogP contribution < -0.4 is 0 Å². The Morgan fingerprint density at radius 2 is 1.71 bits per heavy atom. The van der Waals surface area contributed by atoms with Crippen LogP contribution in [0.2, 0.25) is 0 Å². The van der Waals surface area contributed by atoms with Gasteiger partial charge >= 0.3 is 0 Å². The van der Waals surface area contributed by atoms with E-state index in [0.29, 0.717) is 0 Å². The lowest BCUT2D eigenvalue weighted by molar-refractivity contribution is -0.294. The number of methoxy groups -OCH3 is 2. The molecule has 0 amide bonds. The Labute approximate surface area is 82.0 Å². The molecule has 0 aromatic carbocycles. The number of aliphatic hydroxyl groups excluding tert-OH is 3. The quantitative estimate of drug-likeness (QED) is 0.501. The lowest BCUT2D eigenvalue weighted by Gasteiger charge is -2.40. The van der Waals surface area contributed by atoms with E-state index in [1.54, 1.807) is 0 Å². The largest absolute Gasteiger partial charge is 0.394 e. The van der Waals surface area contributed by atoms with E-state index in [-0.39, 0.29) is 6.61 Å². The molecule has 0 unspecified atom stereocenters. The van der Waals surface area contributed by atoms with Gasteiger partial charge in [-0.3, -0.25) is 0 Å². The van der Waals surface area contributed by atoms with Gasteiger partial charge in [-0.05, 0) is 0 Å². The van der Waals surface area contributed by atoms with Crippen molar-refractivity contribution in [3.8, 4) is 0 Å². The van der Waals surface area contributed by atoms with Crippen LogP contribution in [0.5, 0.6) is 0 Å². The normalized spacial score (nSPS) is 43.9. The highest BCUT2D eigenvalue weighted by atomic mass is 16.7. The zero-order valence-electron chi connectivity index (χ0n) is 8.16. The van der Waals surface area contributed by atoms with Crippen LogP contribution in [0.1, 0.15) is 0 Å². The van der Waals surface area contributed by atoms with Crippen molar-refractivity contribution in [2.45, 2.75) is 30.7 Å². The number of aliphatic hydroxyl groups is 3. The maximum atomic E-state index is 9.49.